The Morgan fingerprint density at radius 3 is 2.31 bits per heavy atom. The zero-order chi connectivity index (χ0) is 9.84. The number of hydrogen-bond donors (Lipinski definition) is 1. The second kappa shape index (κ2) is 4.70. The summed E-state index contributed by atoms with van der Waals surface area (Å²) in [6.07, 6.45) is 0. The highest BCUT2D eigenvalue weighted by Gasteiger charge is 2.16. The van der Waals surface area contributed by atoms with Crippen LogP contribution in [0.2, 0.25) is 10.6 Å². The van der Waals surface area contributed by atoms with Crippen LogP contribution >= 0.6 is 0 Å². The first-order valence-corrected chi connectivity index (χ1v) is 7.19. The molecule has 0 unspecified atom stereocenters. The van der Waals surface area contributed by atoms with Gasteiger partial charge in [-0.3, -0.25) is 0 Å². The molecule has 13 heavy (non-hydrogen) atoms. The lowest BCUT2D eigenvalue weighted by molar-refractivity contribution is 0.475. The molecule has 1 N–H and O–H groups in total. The fraction of sp³-hybridized carbons (Fsp3) is 0.455. The fourth-order valence-electron chi connectivity index (χ4n) is 1.85. The molecule has 0 heterocycles. The van der Waals surface area contributed by atoms with Crippen molar-refractivity contribution in [1.29, 1.82) is 0 Å². The number of phenols is 1. The highest BCUT2D eigenvalue weighted by molar-refractivity contribution is 6.73. The number of rotatable bonds is 3. The van der Waals surface area contributed by atoms with E-state index in [1.54, 1.807) is 0 Å². The molecule has 0 fully saturated rings. The average molecular weight is 192 g/mol. The lowest BCUT2D eigenvalue weighted by atomic mass is 10.2. The van der Waals surface area contributed by atoms with E-state index in [2.05, 4.69) is 26.8 Å². The predicted octanol–water partition coefficient (Wildman–Crippen LogP) is 2.44. The summed E-state index contributed by atoms with van der Waals surface area (Å²) in [6.45, 7) is 6.64. The molecule has 0 radical (unpaired) electrons. The number of hydrogen-bond acceptors (Lipinski definition) is 1. The summed E-state index contributed by atoms with van der Waals surface area (Å²) in [5.41, 5.74) is 1.26. The van der Waals surface area contributed by atoms with Gasteiger partial charge in [0.1, 0.15) is 5.75 Å². The maximum Gasteiger partial charge on any atom is 0.305 e. The lowest BCUT2D eigenvalue weighted by Crippen LogP contribution is -2.30. The quantitative estimate of drug-likeness (QED) is 0.729. The summed E-state index contributed by atoms with van der Waals surface area (Å²) in [7, 11) is 0. The molecule has 2 heteroatoms. The normalized spacial score (nSPS) is 10.1. The third-order valence-electron chi connectivity index (χ3n) is 2.68. The first-order valence-electron chi connectivity index (χ1n) is 4.98. The minimum Gasteiger partial charge on any atom is -0.508 e. The van der Waals surface area contributed by atoms with Gasteiger partial charge < -0.3 is 5.11 Å². The summed E-state index contributed by atoms with van der Waals surface area (Å²) in [4.78, 5) is 0. The van der Waals surface area contributed by atoms with Gasteiger partial charge in [-0.2, -0.15) is 0 Å². The van der Waals surface area contributed by atoms with Gasteiger partial charge in [0.2, 0.25) is 0 Å². The minimum atomic E-state index is -0.722. The van der Waals surface area contributed by atoms with Gasteiger partial charge in [0, 0.05) is 0 Å². The summed E-state index contributed by atoms with van der Waals surface area (Å²) in [5.74, 6) is 0.390. The topological polar surface area (TPSA) is 20.2 Å². The highest BCUT2D eigenvalue weighted by Crippen LogP contribution is 2.11. The molecule has 0 atom stereocenters. The SMILES string of the molecule is C[CH2][Al]([CH2]C)[c]1ccc(O)cc1C. The van der Waals surface area contributed by atoms with Crippen LogP contribution in [0.1, 0.15) is 19.4 Å². The summed E-state index contributed by atoms with van der Waals surface area (Å²) < 4.78 is 1.52. The van der Waals surface area contributed by atoms with Crippen molar-refractivity contribution in [3.05, 3.63) is 23.8 Å². The standard InChI is InChI=1S/C7H7O.2C2H5.Al/c1-6-3-2-4-7(8)5-6;2*1-2;/h2,4-5,8H,1H3;2*1H2,2H3;. The van der Waals surface area contributed by atoms with Gasteiger partial charge in [-0.25, -0.2) is 0 Å². The Bertz CT molecular complexity index is 279. The molecule has 1 aromatic rings. The van der Waals surface area contributed by atoms with Crippen LogP contribution in [0.25, 0.3) is 0 Å². The van der Waals surface area contributed by atoms with Crippen LogP contribution < -0.4 is 4.43 Å². The van der Waals surface area contributed by atoms with Gasteiger partial charge in [-0.15, -0.1) is 4.43 Å². The second-order valence-corrected chi connectivity index (χ2v) is 7.20. The Hall–Kier alpha value is -0.448. The van der Waals surface area contributed by atoms with Gasteiger partial charge in [-0.1, -0.05) is 36.0 Å². The van der Waals surface area contributed by atoms with Crippen LogP contribution in [0, 0.1) is 6.92 Å². The molecule has 1 rings (SSSR count). The molecule has 70 valence electrons. The lowest BCUT2D eigenvalue weighted by Gasteiger charge is -2.10. The zero-order valence-electron chi connectivity index (χ0n) is 8.67. The highest BCUT2D eigenvalue weighted by atomic mass is 27.2. The van der Waals surface area contributed by atoms with Gasteiger partial charge in [0.25, 0.3) is 0 Å². The molecule has 1 nitrogen and oxygen atoms in total. The Morgan fingerprint density at radius 2 is 1.85 bits per heavy atom. The van der Waals surface area contributed by atoms with Gasteiger partial charge >= 0.3 is 14.1 Å². The van der Waals surface area contributed by atoms with Crippen LogP contribution in [0.5, 0.6) is 5.75 Å². The molecule has 0 amide bonds. The van der Waals surface area contributed by atoms with E-state index in [0.29, 0.717) is 5.75 Å². The maximum atomic E-state index is 9.28. The molecule has 0 saturated carbocycles. The number of phenolic OH excluding ortho intramolecular Hbond substituents is 1. The van der Waals surface area contributed by atoms with Crippen molar-refractivity contribution in [3.8, 4) is 5.75 Å². The van der Waals surface area contributed by atoms with Crippen LogP contribution in [0.3, 0.4) is 0 Å². The zero-order valence-corrected chi connectivity index (χ0v) is 9.83. The van der Waals surface area contributed by atoms with E-state index in [4.69, 9.17) is 0 Å². The van der Waals surface area contributed by atoms with E-state index in [0.717, 1.165) is 0 Å². The summed E-state index contributed by atoms with van der Waals surface area (Å²) in [6, 6.07) is 5.79. The van der Waals surface area contributed by atoms with Crippen molar-refractivity contribution >= 4 is 18.6 Å². The molecule has 0 aliphatic rings. The van der Waals surface area contributed by atoms with Crippen LogP contribution in [-0.2, 0) is 0 Å². The molecular formula is C11H17AlO. The van der Waals surface area contributed by atoms with Crippen LogP contribution in [0.15, 0.2) is 18.2 Å². The molecule has 0 spiro atoms. The molecular weight excluding hydrogens is 175 g/mol. The summed E-state index contributed by atoms with van der Waals surface area (Å²) >= 11 is -0.722. The molecule has 0 aromatic heterocycles. The first kappa shape index (κ1) is 10.6. The number of aromatic hydroxyl groups is 1. The third kappa shape index (κ3) is 2.50. The van der Waals surface area contributed by atoms with Crippen molar-refractivity contribution in [1.82, 2.24) is 0 Å². The van der Waals surface area contributed by atoms with Gasteiger partial charge in [-0.05, 0) is 19.1 Å². The van der Waals surface area contributed by atoms with Crippen LogP contribution in [-0.4, -0.2) is 19.3 Å². The molecule has 1 aromatic carbocycles. The Morgan fingerprint density at radius 1 is 1.23 bits per heavy atom. The van der Waals surface area contributed by atoms with Crippen molar-refractivity contribution in [2.45, 2.75) is 31.3 Å². The molecule has 0 bridgehead atoms. The van der Waals surface area contributed by atoms with E-state index >= 15 is 0 Å². The van der Waals surface area contributed by atoms with E-state index in [1.807, 2.05) is 12.1 Å². The Balaban J connectivity index is 2.99. The van der Waals surface area contributed by atoms with Crippen LogP contribution in [0.4, 0.5) is 0 Å². The van der Waals surface area contributed by atoms with E-state index < -0.39 is 14.1 Å². The van der Waals surface area contributed by atoms with Crippen molar-refractivity contribution in [2.75, 3.05) is 0 Å². The van der Waals surface area contributed by atoms with E-state index in [9.17, 15) is 5.11 Å². The van der Waals surface area contributed by atoms with E-state index in [1.165, 1.54) is 20.6 Å². The van der Waals surface area contributed by atoms with Crippen molar-refractivity contribution < 1.29 is 5.11 Å². The Labute approximate surface area is 84.8 Å². The third-order valence-corrected chi connectivity index (χ3v) is 6.18. The Kier molecular flexibility index (Phi) is 3.84. The first-order chi connectivity index (χ1) is 6.19. The average Bonchev–Trinajstić information content (AvgIpc) is 2.10. The fourth-order valence-corrected chi connectivity index (χ4v) is 4.40. The smallest absolute Gasteiger partial charge is 0.305 e. The number of benzene rings is 1. The molecule has 0 saturated heterocycles. The van der Waals surface area contributed by atoms with Crippen molar-refractivity contribution in [2.24, 2.45) is 0 Å². The van der Waals surface area contributed by atoms with E-state index in [-0.39, 0.29) is 0 Å². The van der Waals surface area contributed by atoms with Gasteiger partial charge in [0.05, 0.1) is 0 Å². The largest absolute Gasteiger partial charge is 0.508 e. The second-order valence-electron chi connectivity index (χ2n) is 3.55. The van der Waals surface area contributed by atoms with Crippen molar-refractivity contribution in [3.63, 3.8) is 0 Å². The number of aryl methyl sites for hydroxylation is 1. The summed E-state index contributed by atoms with van der Waals surface area (Å²) in [5, 5.41) is 11.9. The molecule has 0 aliphatic heterocycles. The predicted molar refractivity (Wildman–Crippen MR) is 59.2 cm³/mol. The monoisotopic (exact) mass is 192 g/mol. The minimum absolute atomic E-state index is 0.390. The maximum absolute atomic E-state index is 9.28. The molecule has 0 aliphatic carbocycles. The van der Waals surface area contributed by atoms with Gasteiger partial charge in [0.15, 0.2) is 0 Å².